The number of nitrogens with zero attached hydrogens (tertiary/aromatic N) is 2. The molecule has 1 amide bonds. The highest BCUT2D eigenvalue weighted by molar-refractivity contribution is 7.92. The van der Waals surface area contributed by atoms with Gasteiger partial charge in [-0.3, -0.25) is 14.4 Å². The number of rotatable bonds is 6. The Morgan fingerprint density at radius 2 is 1.76 bits per heavy atom. The Bertz CT molecular complexity index is 1030. The molecule has 15 heteroatoms. The summed E-state index contributed by atoms with van der Waals surface area (Å²) in [5, 5.41) is 0. The highest BCUT2D eigenvalue weighted by Crippen LogP contribution is 2.28. The third kappa shape index (κ3) is 9.85. The fourth-order valence-electron chi connectivity index (χ4n) is 3.93. The topological polar surface area (TPSA) is 88.2 Å². The number of ether oxygens (including phenoxy) is 2. The molecule has 1 heterocycles. The Kier molecular flexibility index (Phi) is 10.1. The van der Waals surface area contributed by atoms with Gasteiger partial charge in [0.1, 0.15) is 12.4 Å². The number of carbonyl (C=O) groups is 1. The van der Waals surface area contributed by atoms with Crippen LogP contribution in [0.4, 0.5) is 32.0 Å². The number of amides is 1. The summed E-state index contributed by atoms with van der Waals surface area (Å²) in [6.45, 7) is 3.36. The van der Waals surface area contributed by atoms with E-state index in [-0.39, 0.29) is 49.2 Å². The number of carbonyl (C=O) groups excluding carboxylic acids is 1. The Morgan fingerprint density at radius 3 is 2.32 bits per heavy atom. The predicted molar refractivity (Wildman–Crippen MR) is 124 cm³/mol. The highest BCUT2D eigenvalue weighted by Gasteiger charge is 2.36. The van der Waals surface area contributed by atoms with E-state index in [9.17, 15) is 39.6 Å². The van der Waals surface area contributed by atoms with Gasteiger partial charge in [0.25, 0.3) is 5.91 Å². The third-order valence-electron chi connectivity index (χ3n) is 5.88. The first-order valence-corrected chi connectivity index (χ1v) is 13.0. The zero-order valence-corrected chi connectivity index (χ0v) is 21.6. The molecule has 37 heavy (non-hydrogen) atoms. The number of halogens is 6. The summed E-state index contributed by atoms with van der Waals surface area (Å²) in [6.07, 6.45) is -10.9. The molecule has 1 N–H and O–H groups in total. The summed E-state index contributed by atoms with van der Waals surface area (Å²) in [5.74, 6) is -3.00. The van der Waals surface area contributed by atoms with Crippen molar-refractivity contribution < 1.29 is 49.0 Å². The second kappa shape index (κ2) is 12.1. The van der Waals surface area contributed by atoms with E-state index in [1.54, 1.807) is 23.5 Å². The molecule has 1 aromatic carbocycles. The fourth-order valence-corrected chi connectivity index (χ4v) is 4.92. The highest BCUT2D eigenvalue weighted by atomic mass is 32.2. The molecular formula is C22H31F6N3O5S. The van der Waals surface area contributed by atoms with E-state index in [4.69, 9.17) is 9.47 Å². The number of methoxy groups -OCH3 is 1. The molecule has 0 radical (unpaired) electrons. The summed E-state index contributed by atoms with van der Waals surface area (Å²) in [4.78, 5) is 16.1. The molecule has 0 saturated carbocycles. The average Bonchev–Trinajstić information content (AvgIpc) is 2.74. The van der Waals surface area contributed by atoms with Gasteiger partial charge >= 0.3 is 12.4 Å². The van der Waals surface area contributed by atoms with E-state index in [1.807, 2.05) is 0 Å². The van der Waals surface area contributed by atoms with E-state index in [2.05, 4.69) is 0 Å². The average molecular weight is 564 g/mol. The van der Waals surface area contributed by atoms with E-state index >= 15 is 0 Å². The van der Waals surface area contributed by atoms with Crippen LogP contribution in [-0.2, 0) is 14.8 Å². The molecule has 0 spiro atoms. The van der Waals surface area contributed by atoms with Crippen molar-refractivity contribution in [2.24, 2.45) is 5.92 Å². The molecule has 1 aliphatic rings. The van der Waals surface area contributed by atoms with Gasteiger partial charge in [-0.2, -0.15) is 26.3 Å². The number of hydrogen-bond donors (Lipinski definition) is 1. The molecule has 212 valence electrons. The Morgan fingerprint density at radius 1 is 1.11 bits per heavy atom. The van der Waals surface area contributed by atoms with Gasteiger partial charge in [-0.1, -0.05) is 6.92 Å². The SMILES string of the molecule is CO[C@@H]1CN(C)C(=O)c2cc(NS(=O)(=O)CC(F)(F)F)ccc2OC[C@H](C)N(CCC(F)(F)F)C[C@H]1C. The standard InChI is InChI=1S/C22H31F6N3O5S/c1-14-10-31(8-7-21(23,24)25)15(2)12-36-18-6-5-16(29-37(33,34)13-22(26,27)28)9-17(18)20(32)30(3)11-19(14)35-4/h5-6,9,14-15,19,29H,7-8,10-13H2,1-4H3/t14-,15+,19-/m1/s1. The maximum absolute atomic E-state index is 13.2. The second-order valence-electron chi connectivity index (χ2n) is 9.14. The smallest absolute Gasteiger partial charge is 0.404 e. The van der Waals surface area contributed by atoms with Crippen molar-refractivity contribution in [3.05, 3.63) is 23.8 Å². The zero-order valence-electron chi connectivity index (χ0n) is 20.8. The first kappa shape index (κ1) is 31.0. The Labute approximate surface area is 211 Å². The molecule has 0 fully saturated rings. The quantitative estimate of drug-likeness (QED) is 0.531. The minimum Gasteiger partial charge on any atom is -0.491 e. The maximum Gasteiger partial charge on any atom is 0.404 e. The van der Waals surface area contributed by atoms with Gasteiger partial charge < -0.3 is 14.4 Å². The second-order valence-corrected chi connectivity index (χ2v) is 10.9. The molecule has 0 saturated heterocycles. The molecule has 1 aliphatic heterocycles. The van der Waals surface area contributed by atoms with E-state index in [0.717, 1.165) is 12.1 Å². The van der Waals surface area contributed by atoms with Crippen molar-refractivity contribution in [1.29, 1.82) is 0 Å². The lowest BCUT2D eigenvalue weighted by atomic mass is 10.0. The number of alkyl halides is 6. The van der Waals surface area contributed by atoms with Crippen LogP contribution in [0.25, 0.3) is 0 Å². The molecule has 2 rings (SSSR count). The Balaban J connectivity index is 2.42. The lowest BCUT2D eigenvalue weighted by Crippen LogP contribution is -2.47. The lowest BCUT2D eigenvalue weighted by molar-refractivity contribution is -0.140. The van der Waals surface area contributed by atoms with Gasteiger partial charge in [-0.05, 0) is 31.0 Å². The van der Waals surface area contributed by atoms with Crippen molar-refractivity contribution in [3.63, 3.8) is 0 Å². The number of anilines is 1. The molecule has 0 bridgehead atoms. The first-order chi connectivity index (χ1) is 16.9. The summed E-state index contributed by atoms with van der Waals surface area (Å²) in [7, 11) is -1.94. The van der Waals surface area contributed by atoms with Crippen molar-refractivity contribution in [3.8, 4) is 5.75 Å². The molecule has 3 atom stereocenters. The summed E-state index contributed by atoms with van der Waals surface area (Å²) in [6, 6.07) is 2.91. The lowest BCUT2D eigenvalue weighted by Gasteiger charge is -2.36. The number of likely N-dealkylation sites (N-methyl/N-ethyl adjacent to an activating group) is 1. The number of nitrogens with one attached hydrogen (secondary N) is 1. The zero-order chi connectivity index (χ0) is 28.2. The van der Waals surface area contributed by atoms with Crippen molar-refractivity contribution >= 4 is 21.6 Å². The molecule has 8 nitrogen and oxygen atoms in total. The van der Waals surface area contributed by atoms with Crippen molar-refractivity contribution in [2.75, 3.05) is 50.9 Å². The van der Waals surface area contributed by atoms with Gasteiger partial charge in [-0.25, -0.2) is 8.42 Å². The number of sulfonamides is 1. The van der Waals surface area contributed by atoms with Crippen LogP contribution in [0.3, 0.4) is 0 Å². The summed E-state index contributed by atoms with van der Waals surface area (Å²) in [5.41, 5.74) is -0.413. The Hall–Kier alpha value is -2.26. The molecule has 0 aliphatic carbocycles. The van der Waals surface area contributed by atoms with Crippen LogP contribution in [0, 0.1) is 5.92 Å². The maximum atomic E-state index is 13.2. The summed E-state index contributed by atoms with van der Waals surface area (Å²) < 4.78 is 113. The molecule has 0 aromatic heterocycles. The van der Waals surface area contributed by atoms with Crippen LogP contribution in [0.5, 0.6) is 5.75 Å². The first-order valence-electron chi connectivity index (χ1n) is 11.3. The largest absolute Gasteiger partial charge is 0.491 e. The van der Waals surface area contributed by atoms with Gasteiger partial charge in [0, 0.05) is 45.5 Å². The van der Waals surface area contributed by atoms with Crippen LogP contribution in [0.1, 0.15) is 30.6 Å². The minimum absolute atomic E-state index is 0.000768. The van der Waals surface area contributed by atoms with E-state index in [0.29, 0.717) is 0 Å². The van der Waals surface area contributed by atoms with Gasteiger partial charge in [0.05, 0.1) is 18.1 Å². The summed E-state index contributed by atoms with van der Waals surface area (Å²) >= 11 is 0. The van der Waals surface area contributed by atoms with Crippen molar-refractivity contribution in [1.82, 2.24) is 9.80 Å². The number of hydrogen-bond acceptors (Lipinski definition) is 6. The van der Waals surface area contributed by atoms with Crippen LogP contribution in [0.2, 0.25) is 0 Å². The fraction of sp³-hybridized carbons (Fsp3) is 0.682. The molecule has 1 aromatic rings. The molecule has 0 unspecified atom stereocenters. The van der Waals surface area contributed by atoms with E-state index in [1.165, 1.54) is 25.1 Å². The van der Waals surface area contributed by atoms with Crippen LogP contribution >= 0.6 is 0 Å². The van der Waals surface area contributed by atoms with Crippen LogP contribution in [-0.4, -0.2) is 94.8 Å². The van der Waals surface area contributed by atoms with Crippen LogP contribution in [0.15, 0.2) is 18.2 Å². The van der Waals surface area contributed by atoms with Gasteiger partial charge in [0.2, 0.25) is 10.0 Å². The normalized spacial score (nSPS) is 23.0. The van der Waals surface area contributed by atoms with Crippen LogP contribution < -0.4 is 9.46 Å². The van der Waals surface area contributed by atoms with Gasteiger partial charge in [-0.15, -0.1) is 0 Å². The minimum atomic E-state index is -4.97. The van der Waals surface area contributed by atoms with E-state index < -0.39 is 52.6 Å². The monoisotopic (exact) mass is 563 g/mol. The van der Waals surface area contributed by atoms with Crippen molar-refractivity contribution in [2.45, 2.75) is 44.8 Å². The van der Waals surface area contributed by atoms with Gasteiger partial charge in [0.15, 0.2) is 5.75 Å². The number of fused-ring (bicyclic) bond motifs is 1. The molecular weight excluding hydrogens is 532 g/mol. The predicted octanol–water partition coefficient (Wildman–Crippen LogP) is 3.75. The number of benzene rings is 1. The third-order valence-corrected chi connectivity index (χ3v) is 7.14.